The maximum Gasteiger partial charge on any atom is 0.243 e. The van der Waals surface area contributed by atoms with Crippen molar-refractivity contribution in [2.24, 2.45) is 0 Å². The van der Waals surface area contributed by atoms with Crippen molar-refractivity contribution in [2.45, 2.75) is 29.0 Å². The van der Waals surface area contributed by atoms with Gasteiger partial charge in [-0.3, -0.25) is 0 Å². The van der Waals surface area contributed by atoms with E-state index in [1.54, 1.807) is 23.9 Å². The van der Waals surface area contributed by atoms with Crippen LogP contribution >= 0.6 is 23.4 Å². The number of nitrogens with zero attached hydrogens (tertiary/aromatic N) is 3. The molecular formula is C20H22ClN3O3S2. The molecule has 154 valence electrons. The number of morpholine rings is 1. The van der Waals surface area contributed by atoms with Crippen LogP contribution in [0.2, 0.25) is 5.02 Å². The minimum Gasteiger partial charge on any atom is -0.379 e. The van der Waals surface area contributed by atoms with Crippen molar-refractivity contribution >= 4 is 44.4 Å². The van der Waals surface area contributed by atoms with E-state index in [-0.39, 0.29) is 4.90 Å². The lowest BCUT2D eigenvalue weighted by Crippen LogP contribution is -2.40. The number of halogens is 1. The zero-order valence-electron chi connectivity index (χ0n) is 16.0. The van der Waals surface area contributed by atoms with Gasteiger partial charge in [-0.1, -0.05) is 23.7 Å². The zero-order valence-corrected chi connectivity index (χ0v) is 18.4. The van der Waals surface area contributed by atoms with Gasteiger partial charge in [0.2, 0.25) is 10.0 Å². The van der Waals surface area contributed by atoms with Gasteiger partial charge in [0.05, 0.1) is 39.9 Å². The second-order valence-corrected chi connectivity index (χ2v) is 10.0. The lowest BCUT2D eigenvalue weighted by atomic mass is 10.3. The van der Waals surface area contributed by atoms with Crippen LogP contribution in [0.25, 0.3) is 11.0 Å². The summed E-state index contributed by atoms with van der Waals surface area (Å²) in [5.41, 5.74) is 1.62. The largest absolute Gasteiger partial charge is 0.379 e. The fraction of sp³-hybridized carbons (Fsp3) is 0.350. The molecule has 2 heterocycles. The molecular weight excluding hydrogens is 430 g/mol. The average molecular weight is 452 g/mol. The number of imidazole rings is 1. The molecule has 1 aliphatic heterocycles. The quantitative estimate of drug-likeness (QED) is 0.529. The first-order chi connectivity index (χ1) is 14.0. The number of ether oxygens (including phenoxy) is 1. The molecule has 2 aromatic carbocycles. The standard InChI is InChI=1S/C20H22ClN3O3S2/c1-2-24-18-8-7-15(29(25,26)23-9-11-27-12-10-23)13-17(18)22-20(24)14-28-19-6-4-3-5-16(19)21/h3-8,13H,2,9-12,14H2,1H3. The van der Waals surface area contributed by atoms with Crippen molar-refractivity contribution in [3.05, 3.63) is 53.3 Å². The summed E-state index contributed by atoms with van der Waals surface area (Å²) < 4.78 is 34.8. The monoisotopic (exact) mass is 451 g/mol. The summed E-state index contributed by atoms with van der Waals surface area (Å²) in [7, 11) is -3.54. The first kappa shape index (κ1) is 20.7. The van der Waals surface area contributed by atoms with E-state index >= 15 is 0 Å². The second kappa shape index (κ2) is 8.65. The topological polar surface area (TPSA) is 64.4 Å². The Balaban J connectivity index is 1.64. The molecule has 9 heteroatoms. The molecule has 0 bridgehead atoms. The smallest absolute Gasteiger partial charge is 0.243 e. The summed E-state index contributed by atoms with van der Waals surface area (Å²) in [6, 6.07) is 12.9. The highest BCUT2D eigenvalue weighted by atomic mass is 35.5. The van der Waals surface area contributed by atoms with Crippen molar-refractivity contribution in [3.63, 3.8) is 0 Å². The Morgan fingerprint density at radius 1 is 1.17 bits per heavy atom. The molecule has 3 aromatic rings. The molecule has 1 fully saturated rings. The molecule has 0 aliphatic carbocycles. The Kier molecular flexibility index (Phi) is 6.17. The van der Waals surface area contributed by atoms with Gasteiger partial charge in [-0.05, 0) is 37.3 Å². The molecule has 0 saturated carbocycles. The highest BCUT2D eigenvalue weighted by Gasteiger charge is 2.27. The number of thioether (sulfide) groups is 1. The van der Waals surface area contributed by atoms with E-state index in [0.29, 0.717) is 37.6 Å². The van der Waals surface area contributed by atoms with Crippen molar-refractivity contribution < 1.29 is 13.2 Å². The van der Waals surface area contributed by atoms with Gasteiger partial charge in [0.25, 0.3) is 0 Å². The van der Waals surface area contributed by atoms with Crippen molar-refractivity contribution in [1.29, 1.82) is 0 Å². The number of hydrogen-bond donors (Lipinski definition) is 0. The van der Waals surface area contributed by atoms with Gasteiger partial charge >= 0.3 is 0 Å². The molecule has 0 N–H and O–H groups in total. The lowest BCUT2D eigenvalue weighted by molar-refractivity contribution is 0.0730. The Morgan fingerprint density at radius 3 is 2.66 bits per heavy atom. The third-order valence-corrected chi connectivity index (χ3v) is 8.32. The summed E-state index contributed by atoms with van der Waals surface area (Å²) in [4.78, 5) is 6.01. The maximum atomic E-state index is 13.0. The molecule has 6 nitrogen and oxygen atoms in total. The third kappa shape index (κ3) is 4.18. The van der Waals surface area contributed by atoms with Crippen LogP contribution in [-0.4, -0.2) is 48.6 Å². The van der Waals surface area contributed by atoms with Crippen molar-refractivity contribution in [2.75, 3.05) is 26.3 Å². The number of hydrogen-bond acceptors (Lipinski definition) is 5. The van der Waals surface area contributed by atoms with E-state index in [4.69, 9.17) is 21.3 Å². The number of sulfonamides is 1. The van der Waals surface area contributed by atoms with Crippen LogP contribution in [0.5, 0.6) is 0 Å². The number of rotatable bonds is 6. The SMILES string of the molecule is CCn1c(CSc2ccccc2Cl)nc2cc(S(=O)(=O)N3CCOCC3)ccc21. The van der Waals surface area contributed by atoms with Crippen molar-refractivity contribution in [1.82, 2.24) is 13.9 Å². The normalized spacial score (nSPS) is 15.8. The average Bonchev–Trinajstić information content (AvgIpc) is 3.10. The van der Waals surface area contributed by atoms with E-state index in [0.717, 1.165) is 27.8 Å². The molecule has 1 aromatic heterocycles. The molecule has 1 aliphatic rings. The van der Waals surface area contributed by atoms with Crippen LogP contribution in [0.15, 0.2) is 52.3 Å². The molecule has 0 unspecified atom stereocenters. The molecule has 0 amide bonds. The summed E-state index contributed by atoms with van der Waals surface area (Å²) in [5, 5.41) is 0.718. The van der Waals surface area contributed by atoms with Gasteiger partial charge in [-0.25, -0.2) is 13.4 Å². The fourth-order valence-electron chi connectivity index (χ4n) is 3.42. The van der Waals surface area contributed by atoms with E-state index in [2.05, 4.69) is 11.5 Å². The predicted molar refractivity (Wildman–Crippen MR) is 116 cm³/mol. The number of fused-ring (bicyclic) bond motifs is 1. The summed E-state index contributed by atoms with van der Waals surface area (Å²) >= 11 is 7.88. The Morgan fingerprint density at radius 2 is 1.93 bits per heavy atom. The lowest BCUT2D eigenvalue weighted by Gasteiger charge is -2.26. The maximum absolute atomic E-state index is 13.0. The van der Waals surface area contributed by atoms with Gasteiger partial charge in [0, 0.05) is 24.5 Å². The van der Waals surface area contributed by atoms with Crippen LogP contribution in [0.3, 0.4) is 0 Å². The van der Waals surface area contributed by atoms with Crippen LogP contribution < -0.4 is 0 Å². The molecule has 0 atom stereocenters. The molecule has 1 saturated heterocycles. The van der Waals surface area contributed by atoms with Crippen LogP contribution in [0.4, 0.5) is 0 Å². The van der Waals surface area contributed by atoms with Crippen LogP contribution in [-0.2, 0) is 27.1 Å². The fourth-order valence-corrected chi connectivity index (χ4v) is 6.04. The highest BCUT2D eigenvalue weighted by Crippen LogP contribution is 2.31. The van der Waals surface area contributed by atoms with E-state index in [1.165, 1.54) is 4.31 Å². The van der Waals surface area contributed by atoms with E-state index in [1.807, 2.05) is 30.3 Å². The first-order valence-electron chi connectivity index (χ1n) is 9.45. The van der Waals surface area contributed by atoms with Gasteiger partial charge in [0.15, 0.2) is 0 Å². The minimum absolute atomic E-state index is 0.276. The predicted octanol–water partition coefficient (Wildman–Crippen LogP) is 4.02. The summed E-state index contributed by atoms with van der Waals surface area (Å²) in [6.07, 6.45) is 0. The number of aromatic nitrogens is 2. The molecule has 0 radical (unpaired) electrons. The third-order valence-electron chi connectivity index (χ3n) is 4.92. The first-order valence-corrected chi connectivity index (χ1v) is 12.3. The zero-order chi connectivity index (χ0) is 20.4. The molecule has 4 rings (SSSR count). The molecule has 29 heavy (non-hydrogen) atoms. The van der Waals surface area contributed by atoms with Gasteiger partial charge < -0.3 is 9.30 Å². The highest BCUT2D eigenvalue weighted by molar-refractivity contribution is 7.98. The van der Waals surface area contributed by atoms with Gasteiger partial charge in [-0.2, -0.15) is 4.31 Å². The Labute approximate surface area is 179 Å². The Bertz CT molecular complexity index is 1130. The van der Waals surface area contributed by atoms with Crippen LogP contribution in [0, 0.1) is 0 Å². The Hall–Kier alpha value is -1.58. The summed E-state index contributed by atoms with van der Waals surface area (Å²) in [6.45, 7) is 4.42. The van der Waals surface area contributed by atoms with Gasteiger partial charge in [-0.15, -0.1) is 11.8 Å². The van der Waals surface area contributed by atoms with Crippen molar-refractivity contribution in [3.8, 4) is 0 Å². The number of benzene rings is 2. The molecule has 0 spiro atoms. The van der Waals surface area contributed by atoms with E-state index in [9.17, 15) is 8.42 Å². The van der Waals surface area contributed by atoms with E-state index < -0.39 is 10.0 Å². The summed E-state index contributed by atoms with van der Waals surface area (Å²) in [5.74, 6) is 1.55. The second-order valence-electron chi connectivity index (χ2n) is 6.66. The minimum atomic E-state index is -3.54. The number of aryl methyl sites for hydroxylation is 1. The van der Waals surface area contributed by atoms with Crippen LogP contribution in [0.1, 0.15) is 12.7 Å². The van der Waals surface area contributed by atoms with Gasteiger partial charge in [0.1, 0.15) is 5.82 Å².